The van der Waals surface area contributed by atoms with Crippen molar-refractivity contribution in [3.63, 3.8) is 0 Å². The molecule has 3 nitrogen and oxygen atoms in total. The summed E-state index contributed by atoms with van der Waals surface area (Å²) in [5.41, 5.74) is 0.932. The molecule has 0 aromatic heterocycles. The molecule has 0 saturated heterocycles. The predicted octanol–water partition coefficient (Wildman–Crippen LogP) is 2.98. The van der Waals surface area contributed by atoms with Gasteiger partial charge in [0.25, 0.3) is 0 Å². The minimum absolute atomic E-state index is 0.0979. The summed E-state index contributed by atoms with van der Waals surface area (Å²) in [7, 11) is 0. The van der Waals surface area contributed by atoms with Crippen molar-refractivity contribution < 1.29 is 14.3 Å². The number of carbonyl (C=O) groups is 1. The van der Waals surface area contributed by atoms with Gasteiger partial charge in [-0.1, -0.05) is 17.7 Å². The Morgan fingerprint density at radius 1 is 1.44 bits per heavy atom. The zero-order valence-electron chi connectivity index (χ0n) is 9.62. The van der Waals surface area contributed by atoms with Crippen LogP contribution >= 0.6 is 11.6 Å². The van der Waals surface area contributed by atoms with E-state index in [0.717, 1.165) is 5.56 Å². The minimum atomic E-state index is -0.380. The van der Waals surface area contributed by atoms with E-state index in [9.17, 15) is 4.79 Å². The highest BCUT2D eigenvalue weighted by atomic mass is 35.5. The first kappa shape index (κ1) is 12.8. The molecular weight excluding hydrogens is 228 g/mol. The predicted molar refractivity (Wildman–Crippen MR) is 62.9 cm³/mol. The second-order valence-electron chi connectivity index (χ2n) is 3.74. The first-order valence-electron chi connectivity index (χ1n) is 5.07. The fourth-order valence-corrected chi connectivity index (χ4v) is 1.33. The number of carbonyl (C=O) groups excluding carboxylic acids is 1. The number of rotatable bonds is 4. The fraction of sp³-hybridized carbons (Fsp3) is 0.417. The van der Waals surface area contributed by atoms with Crippen molar-refractivity contribution in [2.24, 2.45) is 0 Å². The Morgan fingerprint density at radius 2 is 2.12 bits per heavy atom. The van der Waals surface area contributed by atoms with E-state index in [0.29, 0.717) is 10.8 Å². The van der Waals surface area contributed by atoms with E-state index >= 15 is 0 Å². The minimum Gasteiger partial charge on any atom is -0.482 e. The monoisotopic (exact) mass is 242 g/mol. The van der Waals surface area contributed by atoms with Crippen molar-refractivity contribution in [1.29, 1.82) is 0 Å². The number of aryl methyl sites for hydroxylation is 1. The Balaban J connectivity index is 2.54. The number of benzene rings is 1. The molecule has 0 aliphatic carbocycles. The van der Waals surface area contributed by atoms with Gasteiger partial charge < -0.3 is 9.47 Å². The number of hydrogen-bond donors (Lipinski definition) is 0. The summed E-state index contributed by atoms with van der Waals surface area (Å²) in [5.74, 6) is 0.225. The van der Waals surface area contributed by atoms with E-state index in [2.05, 4.69) is 0 Å². The van der Waals surface area contributed by atoms with Crippen LogP contribution in [0.25, 0.3) is 0 Å². The van der Waals surface area contributed by atoms with Crippen LogP contribution in [0.5, 0.6) is 5.75 Å². The van der Waals surface area contributed by atoms with E-state index in [1.165, 1.54) is 0 Å². The zero-order chi connectivity index (χ0) is 12.1. The van der Waals surface area contributed by atoms with Crippen LogP contribution in [0.1, 0.15) is 19.4 Å². The molecule has 0 aliphatic heterocycles. The summed E-state index contributed by atoms with van der Waals surface area (Å²) >= 11 is 5.82. The van der Waals surface area contributed by atoms with Crippen molar-refractivity contribution in [3.05, 3.63) is 28.8 Å². The lowest BCUT2D eigenvalue weighted by atomic mass is 10.2. The van der Waals surface area contributed by atoms with Crippen LogP contribution in [0.4, 0.5) is 0 Å². The molecule has 0 bridgehead atoms. The average molecular weight is 243 g/mol. The molecule has 4 heteroatoms. The molecule has 88 valence electrons. The summed E-state index contributed by atoms with van der Waals surface area (Å²) in [4.78, 5) is 11.2. The highest BCUT2D eigenvalue weighted by Crippen LogP contribution is 2.22. The molecule has 0 fully saturated rings. The molecule has 1 rings (SSSR count). The molecule has 0 unspecified atom stereocenters. The largest absolute Gasteiger partial charge is 0.482 e. The Bertz CT molecular complexity index is 375. The van der Waals surface area contributed by atoms with Crippen molar-refractivity contribution in [3.8, 4) is 5.75 Å². The highest BCUT2D eigenvalue weighted by molar-refractivity contribution is 6.30. The topological polar surface area (TPSA) is 35.5 Å². The summed E-state index contributed by atoms with van der Waals surface area (Å²) < 4.78 is 10.3. The highest BCUT2D eigenvalue weighted by Gasteiger charge is 2.08. The number of esters is 1. The Kier molecular flexibility index (Phi) is 4.62. The maximum atomic E-state index is 11.2. The van der Waals surface area contributed by atoms with Crippen LogP contribution < -0.4 is 4.74 Å². The van der Waals surface area contributed by atoms with Gasteiger partial charge in [-0.15, -0.1) is 0 Å². The first-order chi connectivity index (χ1) is 7.49. The Labute approximate surface area is 100 Å². The van der Waals surface area contributed by atoms with Gasteiger partial charge in [-0.05, 0) is 38.5 Å². The van der Waals surface area contributed by atoms with Crippen LogP contribution in [0.15, 0.2) is 18.2 Å². The summed E-state index contributed by atoms with van der Waals surface area (Å²) in [5, 5.41) is 0.581. The second-order valence-corrected chi connectivity index (χ2v) is 4.17. The SMILES string of the molecule is Cc1ccc(Cl)cc1OCC(=O)OC(C)C. The summed E-state index contributed by atoms with van der Waals surface area (Å²) in [6.45, 7) is 5.38. The molecule has 1 aromatic carbocycles. The molecule has 0 amide bonds. The van der Waals surface area contributed by atoms with Gasteiger partial charge >= 0.3 is 5.97 Å². The summed E-state index contributed by atoms with van der Waals surface area (Å²) in [6.07, 6.45) is -0.128. The molecule has 0 atom stereocenters. The average Bonchev–Trinajstić information content (AvgIpc) is 2.18. The molecule has 16 heavy (non-hydrogen) atoms. The maximum absolute atomic E-state index is 11.2. The van der Waals surface area contributed by atoms with Gasteiger partial charge in [0.1, 0.15) is 5.75 Å². The van der Waals surface area contributed by atoms with Crippen LogP contribution in [0.3, 0.4) is 0 Å². The maximum Gasteiger partial charge on any atom is 0.344 e. The van der Waals surface area contributed by atoms with Gasteiger partial charge in [0.15, 0.2) is 6.61 Å². The lowest BCUT2D eigenvalue weighted by molar-refractivity contribution is -0.149. The molecule has 0 aliphatic rings. The van der Waals surface area contributed by atoms with Crippen molar-refractivity contribution >= 4 is 17.6 Å². The lowest BCUT2D eigenvalue weighted by Crippen LogP contribution is -2.18. The molecule has 1 aromatic rings. The first-order valence-corrected chi connectivity index (χ1v) is 5.45. The summed E-state index contributed by atoms with van der Waals surface area (Å²) in [6, 6.07) is 5.29. The van der Waals surface area contributed by atoms with Crippen LogP contribution in [0.2, 0.25) is 5.02 Å². The molecule has 0 spiro atoms. The van der Waals surface area contributed by atoms with E-state index in [4.69, 9.17) is 21.1 Å². The van der Waals surface area contributed by atoms with Gasteiger partial charge in [-0.2, -0.15) is 0 Å². The number of hydrogen-bond acceptors (Lipinski definition) is 3. The van der Waals surface area contributed by atoms with Gasteiger partial charge in [0.05, 0.1) is 6.10 Å². The van der Waals surface area contributed by atoms with Gasteiger partial charge in [-0.3, -0.25) is 0 Å². The number of halogens is 1. The Hall–Kier alpha value is -1.22. The molecule has 0 radical (unpaired) electrons. The van der Waals surface area contributed by atoms with Gasteiger partial charge in [-0.25, -0.2) is 4.79 Å². The van der Waals surface area contributed by atoms with Gasteiger partial charge in [0, 0.05) is 5.02 Å². The third kappa shape index (κ3) is 4.11. The van der Waals surface area contributed by atoms with E-state index in [1.54, 1.807) is 26.0 Å². The number of ether oxygens (including phenoxy) is 2. The van der Waals surface area contributed by atoms with Crippen molar-refractivity contribution in [2.45, 2.75) is 26.9 Å². The quantitative estimate of drug-likeness (QED) is 0.762. The van der Waals surface area contributed by atoms with Crippen molar-refractivity contribution in [1.82, 2.24) is 0 Å². The van der Waals surface area contributed by atoms with Crippen molar-refractivity contribution in [2.75, 3.05) is 6.61 Å². The van der Waals surface area contributed by atoms with E-state index < -0.39 is 0 Å². The molecular formula is C12H15ClO3. The zero-order valence-corrected chi connectivity index (χ0v) is 10.4. The fourth-order valence-electron chi connectivity index (χ4n) is 1.16. The third-order valence-corrected chi connectivity index (χ3v) is 2.10. The normalized spacial score (nSPS) is 10.3. The van der Waals surface area contributed by atoms with E-state index in [1.807, 2.05) is 13.0 Å². The lowest BCUT2D eigenvalue weighted by Gasteiger charge is -2.11. The standard InChI is InChI=1S/C12H15ClO3/c1-8(2)16-12(14)7-15-11-6-10(13)5-4-9(11)3/h4-6,8H,7H2,1-3H3. The van der Waals surface area contributed by atoms with Crippen LogP contribution in [-0.2, 0) is 9.53 Å². The molecule has 0 saturated carbocycles. The third-order valence-electron chi connectivity index (χ3n) is 1.86. The van der Waals surface area contributed by atoms with Crippen LogP contribution in [-0.4, -0.2) is 18.7 Å². The van der Waals surface area contributed by atoms with E-state index in [-0.39, 0.29) is 18.7 Å². The molecule has 0 heterocycles. The molecule has 0 N–H and O–H groups in total. The second kappa shape index (κ2) is 5.75. The van der Waals surface area contributed by atoms with Gasteiger partial charge in [0.2, 0.25) is 0 Å². The Morgan fingerprint density at radius 3 is 2.75 bits per heavy atom. The smallest absolute Gasteiger partial charge is 0.344 e. The van der Waals surface area contributed by atoms with Crippen LogP contribution in [0, 0.1) is 6.92 Å².